The van der Waals surface area contributed by atoms with Crippen LogP contribution in [0.4, 0.5) is 5.69 Å². The highest BCUT2D eigenvalue weighted by molar-refractivity contribution is 6.32. The van der Waals surface area contributed by atoms with Gasteiger partial charge in [0, 0.05) is 18.8 Å². The van der Waals surface area contributed by atoms with Crippen LogP contribution in [0.2, 0.25) is 5.02 Å². The lowest BCUT2D eigenvalue weighted by molar-refractivity contribution is -0.148. The number of nitrogens with zero attached hydrogens (tertiary/aromatic N) is 2. The van der Waals surface area contributed by atoms with Crippen molar-refractivity contribution in [1.82, 2.24) is 0 Å². The number of anilines is 1. The Kier molecular flexibility index (Phi) is 4.20. The van der Waals surface area contributed by atoms with Gasteiger partial charge in [-0.05, 0) is 31.0 Å². The zero-order valence-corrected chi connectivity index (χ0v) is 12.2. The third kappa shape index (κ3) is 2.59. The monoisotopic (exact) mass is 292 g/mol. The van der Waals surface area contributed by atoms with E-state index < -0.39 is 11.4 Å². The summed E-state index contributed by atoms with van der Waals surface area (Å²) in [6.07, 6.45) is 2.19. The van der Waals surface area contributed by atoms with Crippen LogP contribution in [0.1, 0.15) is 31.7 Å². The first kappa shape index (κ1) is 14.7. The molecule has 0 aliphatic carbocycles. The van der Waals surface area contributed by atoms with Crippen molar-refractivity contribution in [3.63, 3.8) is 0 Å². The summed E-state index contributed by atoms with van der Waals surface area (Å²) in [5.74, 6) is -0.721. The molecular formula is C15H17ClN2O2. The molecule has 1 fully saturated rings. The molecule has 106 valence electrons. The van der Waals surface area contributed by atoms with E-state index in [1.807, 2.05) is 24.0 Å². The molecule has 1 saturated heterocycles. The number of rotatable bonds is 4. The zero-order chi connectivity index (χ0) is 14.8. The van der Waals surface area contributed by atoms with Crippen LogP contribution in [0.5, 0.6) is 0 Å². The maximum Gasteiger partial charge on any atom is 0.311 e. The first-order chi connectivity index (χ1) is 9.52. The Labute approximate surface area is 123 Å². The van der Waals surface area contributed by atoms with E-state index in [2.05, 4.69) is 0 Å². The van der Waals surface area contributed by atoms with E-state index in [0.717, 1.165) is 12.1 Å². The molecule has 0 saturated carbocycles. The molecule has 0 aromatic heterocycles. The molecule has 1 aliphatic rings. The molecule has 1 heterocycles. The molecule has 1 N–H and O–H groups in total. The van der Waals surface area contributed by atoms with Gasteiger partial charge < -0.3 is 10.0 Å². The fraction of sp³-hybridized carbons (Fsp3) is 0.467. The second-order valence-corrected chi connectivity index (χ2v) is 5.69. The highest BCUT2D eigenvalue weighted by Gasteiger charge is 2.44. The molecule has 5 heteroatoms. The van der Waals surface area contributed by atoms with Gasteiger partial charge in [0.05, 0.1) is 16.0 Å². The average molecular weight is 293 g/mol. The predicted octanol–water partition coefficient (Wildman–Crippen LogP) is 3.29. The van der Waals surface area contributed by atoms with Crippen molar-refractivity contribution in [1.29, 1.82) is 5.26 Å². The first-order valence-electron chi connectivity index (χ1n) is 6.70. The second kappa shape index (κ2) is 5.72. The van der Waals surface area contributed by atoms with Crippen LogP contribution in [-0.2, 0) is 4.79 Å². The minimum absolute atomic E-state index is 0.410. The molecule has 1 aliphatic heterocycles. The maximum atomic E-state index is 11.6. The molecule has 1 unspecified atom stereocenters. The Morgan fingerprint density at radius 2 is 2.35 bits per heavy atom. The molecule has 0 radical (unpaired) electrons. The maximum absolute atomic E-state index is 11.6. The summed E-state index contributed by atoms with van der Waals surface area (Å²) in [4.78, 5) is 13.6. The van der Waals surface area contributed by atoms with Crippen LogP contribution in [0, 0.1) is 16.7 Å². The lowest BCUT2D eigenvalue weighted by atomic mass is 9.83. The van der Waals surface area contributed by atoms with E-state index in [1.54, 1.807) is 12.1 Å². The number of aliphatic carboxylic acids is 1. The van der Waals surface area contributed by atoms with Gasteiger partial charge in [0.1, 0.15) is 6.07 Å². The molecule has 1 aromatic carbocycles. The van der Waals surface area contributed by atoms with E-state index in [4.69, 9.17) is 16.9 Å². The number of hydrogen-bond acceptors (Lipinski definition) is 3. The van der Waals surface area contributed by atoms with E-state index in [9.17, 15) is 9.90 Å². The molecule has 0 bridgehead atoms. The van der Waals surface area contributed by atoms with Crippen molar-refractivity contribution < 1.29 is 9.90 Å². The number of carbonyl (C=O) groups is 1. The predicted molar refractivity (Wildman–Crippen MR) is 78.0 cm³/mol. The van der Waals surface area contributed by atoms with Crippen molar-refractivity contribution in [2.45, 2.75) is 26.2 Å². The van der Waals surface area contributed by atoms with Gasteiger partial charge in [0.2, 0.25) is 0 Å². The normalized spacial score (nSPS) is 21.8. The first-order valence-corrected chi connectivity index (χ1v) is 7.08. The van der Waals surface area contributed by atoms with Crippen molar-refractivity contribution in [2.24, 2.45) is 5.41 Å². The lowest BCUT2D eigenvalue weighted by Crippen LogP contribution is -2.34. The summed E-state index contributed by atoms with van der Waals surface area (Å²) in [6.45, 7) is 3.21. The number of benzene rings is 1. The molecule has 1 atom stereocenters. The van der Waals surface area contributed by atoms with Gasteiger partial charge in [-0.1, -0.05) is 24.9 Å². The second-order valence-electron chi connectivity index (χ2n) is 5.28. The average Bonchev–Trinajstić information content (AvgIpc) is 2.85. The number of carboxylic acid groups (broad SMARTS) is 1. The van der Waals surface area contributed by atoms with E-state index >= 15 is 0 Å². The van der Waals surface area contributed by atoms with Crippen LogP contribution < -0.4 is 4.90 Å². The topological polar surface area (TPSA) is 64.3 Å². The Bertz CT molecular complexity index is 567. The number of nitriles is 1. The van der Waals surface area contributed by atoms with Crippen molar-refractivity contribution in [3.05, 3.63) is 28.8 Å². The molecule has 0 spiro atoms. The van der Waals surface area contributed by atoms with Gasteiger partial charge in [-0.25, -0.2) is 0 Å². The minimum atomic E-state index is -0.721. The summed E-state index contributed by atoms with van der Waals surface area (Å²) in [7, 11) is 0. The minimum Gasteiger partial charge on any atom is -0.481 e. The Hall–Kier alpha value is -1.73. The van der Waals surface area contributed by atoms with Gasteiger partial charge >= 0.3 is 5.97 Å². The summed E-state index contributed by atoms with van der Waals surface area (Å²) < 4.78 is 0. The van der Waals surface area contributed by atoms with Crippen molar-refractivity contribution in [3.8, 4) is 6.07 Å². The summed E-state index contributed by atoms with van der Waals surface area (Å²) in [5, 5.41) is 18.8. The number of halogens is 1. The quantitative estimate of drug-likeness (QED) is 0.925. The van der Waals surface area contributed by atoms with Gasteiger partial charge in [-0.3, -0.25) is 4.79 Å². The third-order valence-corrected chi connectivity index (χ3v) is 4.29. The largest absolute Gasteiger partial charge is 0.481 e. The van der Waals surface area contributed by atoms with Gasteiger partial charge in [-0.2, -0.15) is 5.26 Å². The van der Waals surface area contributed by atoms with Crippen LogP contribution in [0.3, 0.4) is 0 Å². The van der Waals surface area contributed by atoms with Crippen LogP contribution in [0.15, 0.2) is 18.2 Å². The molecule has 0 amide bonds. The highest BCUT2D eigenvalue weighted by Crippen LogP contribution is 2.38. The summed E-state index contributed by atoms with van der Waals surface area (Å²) >= 11 is 6.04. The number of hydrogen-bond donors (Lipinski definition) is 1. The smallest absolute Gasteiger partial charge is 0.311 e. The van der Waals surface area contributed by atoms with Crippen LogP contribution in [0.25, 0.3) is 0 Å². The SMILES string of the molecule is CCCC1(C(=O)O)CCN(c2ccc(C#N)c(Cl)c2)C1. The van der Waals surface area contributed by atoms with E-state index in [1.165, 1.54) is 0 Å². The van der Waals surface area contributed by atoms with Gasteiger partial charge in [0.25, 0.3) is 0 Å². The van der Waals surface area contributed by atoms with Crippen LogP contribution in [-0.4, -0.2) is 24.2 Å². The lowest BCUT2D eigenvalue weighted by Gasteiger charge is -2.25. The zero-order valence-electron chi connectivity index (χ0n) is 11.4. The third-order valence-electron chi connectivity index (χ3n) is 3.97. The van der Waals surface area contributed by atoms with E-state index in [-0.39, 0.29) is 0 Å². The fourth-order valence-electron chi connectivity index (χ4n) is 2.85. The highest BCUT2D eigenvalue weighted by atomic mass is 35.5. The molecule has 2 rings (SSSR count). The van der Waals surface area contributed by atoms with Crippen LogP contribution >= 0.6 is 11.6 Å². The van der Waals surface area contributed by atoms with Gasteiger partial charge in [0.15, 0.2) is 0 Å². The Balaban J connectivity index is 2.22. The number of carboxylic acids is 1. The Morgan fingerprint density at radius 1 is 1.60 bits per heavy atom. The fourth-order valence-corrected chi connectivity index (χ4v) is 3.07. The summed E-state index contributed by atoms with van der Waals surface area (Å²) in [5.41, 5.74) is 0.663. The molecule has 20 heavy (non-hydrogen) atoms. The van der Waals surface area contributed by atoms with Gasteiger partial charge in [-0.15, -0.1) is 0 Å². The van der Waals surface area contributed by atoms with Crippen molar-refractivity contribution >= 4 is 23.3 Å². The Morgan fingerprint density at radius 3 is 2.90 bits per heavy atom. The van der Waals surface area contributed by atoms with E-state index in [0.29, 0.717) is 36.5 Å². The molecule has 4 nitrogen and oxygen atoms in total. The standard InChI is InChI=1S/C15H17ClN2O2/c1-2-5-15(14(19)20)6-7-18(10-15)12-4-3-11(9-17)13(16)8-12/h3-4,8H,2,5-7,10H2,1H3,(H,19,20). The molecule has 1 aromatic rings. The summed E-state index contributed by atoms with van der Waals surface area (Å²) in [6, 6.07) is 7.27. The van der Waals surface area contributed by atoms with Crippen molar-refractivity contribution in [2.75, 3.05) is 18.0 Å². The molecular weight excluding hydrogens is 276 g/mol.